The van der Waals surface area contributed by atoms with Crippen LogP contribution in [-0.2, 0) is 0 Å². The highest BCUT2D eigenvalue weighted by molar-refractivity contribution is 8.01. The molecule has 0 amide bonds. The van der Waals surface area contributed by atoms with Crippen LogP contribution >= 0.6 is 23.1 Å². The van der Waals surface area contributed by atoms with E-state index in [-0.39, 0.29) is 6.42 Å². The van der Waals surface area contributed by atoms with E-state index in [2.05, 4.69) is 4.98 Å². The Bertz CT molecular complexity index is 592. The predicted octanol–water partition coefficient (Wildman–Crippen LogP) is 6.15. The molecule has 1 aromatic carbocycles. The number of halogens is 3. The topological polar surface area (TPSA) is 12.9 Å². The fraction of sp³-hybridized carbons (Fsp3) is 0.267. The summed E-state index contributed by atoms with van der Waals surface area (Å²) in [5.41, 5.74) is 2.02. The molecule has 0 bridgehead atoms. The van der Waals surface area contributed by atoms with Crippen molar-refractivity contribution < 1.29 is 13.2 Å². The van der Waals surface area contributed by atoms with Crippen molar-refractivity contribution in [2.75, 3.05) is 5.75 Å². The Morgan fingerprint density at radius 2 is 1.86 bits per heavy atom. The monoisotopic (exact) mass is 329 g/mol. The van der Waals surface area contributed by atoms with Gasteiger partial charge in [0, 0.05) is 23.1 Å². The molecule has 2 rings (SSSR count). The van der Waals surface area contributed by atoms with Crippen molar-refractivity contribution in [1.29, 1.82) is 0 Å². The Kier molecular flexibility index (Phi) is 6.32. The van der Waals surface area contributed by atoms with E-state index >= 15 is 0 Å². The number of aromatic nitrogens is 1. The SMILES string of the molecule is FC(F)=C(F)CCCCSc1nc(-c2ccccc2)cs1. The average Bonchev–Trinajstić information content (AvgIpc) is 2.96. The van der Waals surface area contributed by atoms with Crippen LogP contribution in [0.15, 0.2) is 52.0 Å². The lowest BCUT2D eigenvalue weighted by Crippen LogP contribution is -1.83. The molecule has 1 heterocycles. The van der Waals surface area contributed by atoms with Crippen LogP contribution in [-0.4, -0.2) is 10.7 Å². The number of rotatable bonds is 7. The summed E-state index contributed by atoms with van der Waals surface area (Å²) in [5, 5.41) is 2.00. The molecule has 1 aromatic heterocycles. The minimum Gasteiger partial charge on any atom is -0.230 e. The molecule has 112 valence electrons. The maximum absolute atomic E-state index is 12.6. The summed E-state index contributed by atoms with van der Waals surface area (Å²) in [6, 6.07) is 9.90. The second kappa shape index (κ2) is 8.24. The Hall–Kier alpha value is -1.27. The lowest BCUT2D eigenvalue weighted by atomic mass is 10.2. The number of thioether (sulfide) groups is 1. The highest BCUT2D eigenvalue weighted by atomic mass is 32.2. The maximum Gasteiger partial charge on any atom is 0.301 e. The average molecular weight is 329 g/mol. The highest BCUT2D eigenvalue weighted by Gasteiger charge is 2.06. The molecule has 0 saturated carbocycles. The summed E-state index contributed by atoms with van der Waals surface area (Å²) in [5.74, 6) is -0.538. The molecule has 0 radical (unpaired) electrons. The molecule has 0 fully saturated rings. The Morgan fingerprint density at radius 3 is 2.57 bits per heavy atom. The number of nitrogens with zero attached hydrogens (tertiary/aromatic N) is 1. The van der Waals surface area contributed by atoms with Crippen molar-refractivity contribution in [3.63, 3.8) is 0 Å². The second-order valence-corrected chi connectivity index (χ2v) is 6.54. The fourth-order valence-electron chi connectivity index (χ4n) is 1.70. The number of unbranched alkanes of at least 4 members (excludes halogenated alkanes) is 1. The minimum absolute atomic E-state index is 0.184. The van der Waals surface area contributed by atoms with Crippen LogP contribution < -0.4 is 0 Å². The lowest BCUT2D eigenvalue weighted by molar-refractivity contribution is 0.368. The van der Waals surface area contributed by atoms with E-state index in [1.807, 2.05) is 35.7 Å². The van der Waals surface area contributed by atoms with Crippen LogP contribution in [0.3, 0.4) is 0 Å². The number of hydrogen-bond donors (Lipinski definition) is 0. The van der Waals surface area contributed by atoms with E-state index in [1.165, 1.54) is 0 Å². The lowest BCUT2D eigenvalue weighted by Gasteiger charge is -1.98. The maximum atomic E-state index is 12.6. The predicted molar refractivity (Wildman–Crippen MR) is 82.5 cm³/mol. The van der Waals surface area contributed by atoms with Gasteiger partial charge in [-0.3, -0.25) is 0 Å². The molecule has 0 aliphatic rings. The standard InChI is InChI=1S/C15H14F3NS2/c16-12(14(17)18)8-4-5-9-20-15-19-13(10-21-15)11-6-2-1-3-7-11/h1-3,6-7,10H,4-5,8-9H2. The molecule has 0 unspecified atom stereocenters. The van der Waals surface area contributed by atoms with Gasteiger partial charge in [-0.15, -0.1) is 11.3 Å². The first kappa shape index (κ1) is 16.1. The smallest absolute Gasteiger partial charge is 0.230 e. The molecular weight excluding hydrogens is 315 g/mol. The summed E-state index contributed by atoms with van der Waals surface area (Å²) < 4.78 is 37.2. The number of allylic oxidation sites excluding steroid dienone is 1. The number of hydrogen-bond acceptors (Lipinski definition) is 3. The number of benzene rings is 1. The minimum atomic E-state index is -2.20. The Labute approximate surface area is 129 Å². The first-order valence-corrected chi connectivity index (χ1v) is 8.36. The van der Waals surface area contributed by atoms with Gasteiger partial charge in [-0.05, 0) is 12.8 Å². The van der Waals surface area contributed by atoms with E-state index in [1.54, 1.807) is 23.1 Å². The molecule has 0 aliphatic carbocycles. The molecule has 0 atom stereocenters. The Balaban J connectivity index is 1.75. The van der Waals surface area contributed by atoms with Crippen LogP contribution in [0.1, 0.15) is 19.3 Å². The van der Waals surface area contributed by atoms with Gasteiger partial charge in [0.2, 0.25) is 0 Å². The van der Waals surface area contributed by atoms with E-state index in [4.69, 9.17) is 0 Å². The van der Waals surface area contributed by atoms with Gasteiger partial charge in [-0.2, -0.15) is 8.78 Å². The first-order chi connectivity index (χ1) is 10.2. The van der Waals surface area contributed by atoms with E-state index in [0.717, 1.165) is 21.3 Å². The molecule has 0 aliphatic heterocycles. The van der Waals surface area contributed by atoms with Crippen molar-refractivity contribution in [1.82, 2.24) is 4.98 Å². The van der Waals surface area contributed by atoms with Crippen molar-refractivity contribution >= 4 is 23.1 Å². The largest absolute Gasteiger partial charge is 0.301 e. The third-order valence-electron chi connectivity index (χ3n) is 2.77. The zero-order chi connectivity index (χ0) is 15.1. The number of thiazole rings is 1. The van der Waals surface area contributed by atoms with Crippen molar-refractivity contribution in [3.05, 3.63) is 47.6 Å². The van der Waals surface area contributed by atoms with Gasteiger partial charge in [0.25, 0.3) is 0 Å². The van der Waals surface area contributed by atoms with Gasteiger partial charge in [0.1, 0.15) is 0 Å². The third-order valence-corrected chi connectivity index (χ3v) is 4.88. The zero-order valence-electron chi connectivity index (χ0n) is 11.2. The van der Waals surface area contributed by atoms with Crippen LogP contribution in [0.4, 0.5) is 13.2 Å². The summed E-state index contributed by atoms with van der Waals surface area (Å²) in [6.07, 6.45) is -1.27. The second-order valence-electron chi connectivity index (χ2n) is 4.34. The zero-order valence-corrected chi connectivity index (χ0v) is 12.8. The molecule has 2 aromatic rings. The fourth-order valence-corrected chi connectivity index (χ4v) is 3.61. The van der Waals surface area contributed by atoms with E-state index in [9.17, 15) is 13.2 Å². The first-order valence-electron chi connectivity index (χ1n) is 6.50. The molecule has 0 N–H and O–H groups in total. The summed E-state index contributed by atoms with van der Waals surface area (Å²) in [4.78, 5) is 4.52. The third kappa shape index (κ3) is 5.21. The van der Waals surface area contributed by atoms with Crippen molar-refractivity contribution in [3.8, 4) is 11.3 Å². The van der Waals surface area contributed by atoms with Crippen molar-refractivity contribution in [2.24, 2.45) is 0 Å². The summed E-state index contributed by atoms with van der Waals surface area (Å²) in [7, 11) is 0. The van der Waals surface area contributed by atoms with Gasteiger partial charge in [0.05, 0.1) is 5.69 Å². The highest BCUT2D eigenvalue weighted by Crippen LogP contribution is 2.29. The summed E-state index contributed by atoms with van der Waals surface area (Å²) >= 11 is 3.14. The van der Waals surface area contributed by atoms with E-state index in [0.29, 0.717) is 12.8 Å². The van der Waals surface area contributed by atoms with Gasteiger partial charge in [-0.1, -0.05) is 42.1 Å². The Morgan fingerprint density at radius 1 is 1.10 bits per heavy atom. The van der Waals surface area contributed by atoms with Crippen molar-refractivity contribution in [2.45, 2.75) is 23.6 Å². The quantitative estimate of drug-likeness (QED) is 0.446. The molecule has 0 spiro atoms. The van der Waals surface area contributed by atoms with Gasteiger partial charge < -0.3 is 0 Å². The molecule has 6 heteroatoms. The molecule has 1 nitrogen and oxygen atoms in total. The van der Waals surface area contributed by atoms with Gasteiger partial charge >= 0.3 is 6.08 Å². The van der Waals surface area contributed by atoms with Gasteiger partial charge in [-0.25, -0.2) is 9.37 Å². The van der Waals surface area contributed by atoms with Crippen LogP contribution in [0, 0.1) is 0 Å². The van der Waals surface area contributed by atoms with Crippen LogP contribution in [0.25, 0.3) is 11.3 Å². The normalized spacial score (nSPS) is 10.6. The molecular formula is C15H14F3NS2. The van der Waals surface area contributed by atoms with Crippen LogP contribution in [0.5, 0.6) is 0 Å². The van der Waals surface area contributed by atoms with E-state index < -0.39 is 11.9 Å². The van der Waals surface area contributed by atoms with Gasteiger partial charge in [0.15, 0.2) is 10.2 Å². The van der Waals surface area contributed by atoms with Crippen LogP contribution in [0.2, 0.25) is 0 Å². The summed E-state index contributed by atoms with van der Waals surface area (Å²) in [6.45, 7) is 0. The molecule has 21 heavy (non-hydrogen) atoms. The molecule has 0 saturated heterocycles.